The molecule has 19 heavy (non-hydrogen) atoms. The minimum Gasteiger partial charge on any atom is -0.352 e. The molecule has 1 unspecified atom stereocenters. The summed E-state index contributed by atoms with van der Waals surface area (Å²) in [5.41, 5.74) is 8.52. The summed E-state index contributed by atoms with van der Waals surface area (Å²) in [7, 11) is 0. The Kier molecular flexibility index (Phi) is 6.57. The predicted octanol–water partition coefficient (Wildman–Crippen LogP) is 2.80. The maximum atomic E-state index is 12.2. The normalized spacial score (nSPS) is 12.2. The summed E-state index contributed by atoms with van der Waals surface area (Å²) in [4.78, 5) is 12.2. The molecule has 1 amide bonds. The zero-order valence-electron chi connectivity index (χ0n) is 12.3. The number of carbonyl (C=O) groups excluding carboxylic acids is 1. The van der Waals surface area contributed by atoms with E-state index in [1.165, 1.54) is 0 Å². The second-order valence-corrected chi connectivity index (χ2v) is 5.26. The van der Waals surface area contributed by atoms with Gasteiger partial charge in [-0.2, -0.15) is 0 Å². The number of carbonyl (C=O) groups is 1. The zero-order chi connectivity index (χ0) is 14.3. The van der Waals surface area contributed by atoms with Crippen LogP contribution in [-0.4, -0.2) is 19.0 Å². The van der Waals surface area contributed by atoms with Gasteiger partial charge < -0.3 is 11.1 Å². The molecule has 0 saturated heterocycles. The van der Waals surface area contributed by atoms with Gasteiger partial charge in [-0.1, -0.05) is 31.0 Å². The van der Waals surface area contributed by atoms with Crippen molar-refractivity contribution in [3.05, 3.63) is 34.9 Å². The van der Waals surface area contributed by atoms with E-state index in [2.05, 4.69) is 12.2 Å². The lowest BCUT2D eigenvalue weighted by atomic mass is 9.99. The van der Waals surface area contributed by atoms with Crippen LogP contribution in [-0.2, 0) is 0 Å². The average Bonchev–Trinajstić information content (AvgIpc) is 2.39. The van der Waals surface area contributed by atoms with Gasteiger partial charge >= 0.3 is 0 Å². The molecule has 0 radical (unpaired) electrons. The topological polar surface area (TPSA) is 55.1 Å². The highest BCUT2D eigenvalue weighted by Gasteiger charge is 2.12. The van der Waals surface area contributed by atoms with Gasteiger partial charge in [0, 0.05) is 12.1 Å². The van der Waals surface area contributed by atoms with E-state index in [4.69, 9.17) is 5.73 Å². The fourth-order valence-electron chi connectivity index (χ4n) is 2.31. The predicted molar refractivity (Wildman–Crippen MR) is 80.3 cm³/mol. The van der Waals surface area contributed by atoms with Crippen LogP contribution in [0.4, 0.5) is 0 Å². The lowest BCUT2D eigenvalue weighted by Crippen LogP contribution is -2.30. The lowest BCUT2D eigenvalue weighted by molar-refractivity contribution is 0.0945. The molecule has 3 N–H and O–H groups in total. The van der Waals surface area contributed by atoms with E-state index in [9.17, 15) is 4.79 Å². The first-order valence-corrected chi connectivity index (χ1v) is 7.14. The van der Waals surface area contributed by atoms with Gasteiger partial charge in [-0.05, 0) is 50.8 Å². The van der Waals surface area contributed by atoms with Crippen molar-refractivity contribution >= 4 is 5.91 Å². The van der Waals surface area contributed by atoms with Crippen LogP contribution in [0.15, 0.2) is 18.2 Å². The van der Waals surface area contributed by atoms with Crippen LogP contribution in [0.5, 0.6) is 0 Å². The van der Waals surface area contributed by atoms with Crippen molar-refractivity contribution in [3.8, 4) is 0 Å². The van der Waals surface area contributed by atoms with E-state index < -0.39 is 0 Å². The quantitative estimate of drug-likeness (QED) is 0.794. The number of benzene rings is 1. The van der Waals surface area contributed by atoms with Crippen molar-refractivity contribution in [2.45, 2.75) is 40.0 Å². The summed E-state index contributed by atoms with van der Waals surface area (Å²) in [5, 5.41) is 3.04. The molecule has 3 nitrogen and oxygen atoms in total. The van der Waals surface area contributed by atoms with Gasteiger partial charge in [0.05, 0.1) is 0 Å². The Hall–Kier alpha value is -1.35. The molecule has 0 heterocycles. The number of aryl methyl sites for hydroxylation is 2. The molecule has 1 atom stereocenters. The van der Waals surface area contributed by atoms with Gasteiger partial charge in [-0.25, -0.2) is 0 Å². The van der Waals surface area contributed by atoms with E-state index in [1.807, 2.05) is 32.0 Å². The highest BCUT2D eigenvalue weighted by atomic mass is 16.1. The van der Waals surface area contributed by atoms with Crippen LogP contribution < -0.4 is 11.1 Å². The summed E-state index contributed by atoms with van der Waals surface area (Å²) < 4.78 is 0. The molecule has 0 aliphatic carbocycles. The first-order chi connectivity index (χ1) is 9.08. The van der Waals surface area contributed by atoms with E-state index in [-0.39, 0.29) is 5.91 Å². The summed E-state index contributed by atoms with van der Waals surface area (Å²) in [6.07, 6.45) is 3.22. The minimum absolute atomic E-state index is 0.0272. The summed E-state index contributed by atoms with van der Waals surface area (Å²) in [5.74, 6) is 0.517. The third-order valence-corrected chi connectivity index (χ3v) is 3.46. The molecule has 106 valence electrons. The summed E-state index contributed by atoms with van der Waals surface area (Å²) >= 11 is 0. The first kappa shape index (κ1) is 15.7. The third-order valence-electron chi connectivity index (χ3n) is 3.46. The van der Waals surface area contributed by atoms with Crippen molar-refractivity contribution in [3.63, 3.8) is 0 Å². The molecular formula is C16H26N2O. The second kappa shape index (κ2) is 7.95. The van der Waals surface area contributed by atoms with Crippen molar-refractivity contribution in [2.24, 2.45) is 11.7 Å². The molecule has 3 heteroatoms. The third kappa shape index (κ3) is 5.03. The van der Waals surface area contributed by atoms with Crippen LogP contribution in [0.2, 0.25) is 0 Å². The Balaban J connectivity index is 2.61. The zero-order valence-corrected chi connectivity index (χ0v) is 12.3. The second-order valence-electron chi connectivity index (χ2n) is 5.26. The smallest absolute Gasteiger partial charge is 0.251 e. The average molecular weight is 262 g/mol. The molecule has 0 spiro atoms. The van der Waals surface area contributed by atoms with E-state index >= 15 is 0 Å². The van der Waals surface area contributed by atoms with E-state index in [0.29, 0.717) is 12.5 Å². The molecule has 0 saturated carbocycles. The highest BCUT2D eigenvalue weighted by molar-refractivity contribution is 5.95. The highest BCUT2D eigenvalue weighted by Crippen LogP contribution is 2.12. The summed E-state index contributed by atoms with van der Waals surface area (Å²) in [6, 6.07) is 5.97. The minimum atomic E-state index is 0.0272. The van der Waals surface area contributed by atoms with Crippen molar-refractivity contribution in [2.75, 3.05) is 13.1 Å². The van der Waals surface area contributed by atoms with Crippen LogP contribution >= 0.6 is 0 Å². The molecule has 0 aliphatic rings. The molecule has 0 aromatic heterocycles. The largest absolute Gasteiger partial charge is 0.352 e. The molecule has 0 bridgehead atoms. The fourth-order valence-corrected chi connectivity index (χ4v) is 2.31. The van der Waals surface area contributed by atoms with Gasteiger partial charge in [0.15, 0.2) is 0 Å². The monoisotopic (exact) mass is 262 g/mol. The van der Waals surface area contributed by atoms with Gasteiger partial charge in [0.1, 0.15) is 0 Å². The Bertz CT molecular complexity index is 409. The molecule has 1 rings (SSSR count). The van der Waals surface area contributed by atoms with Gasteiger partial charge in [-0.15, -0.1) is 0 Å². The van der Waals surface area contributed by atoms with Crippen molar-refractivity contribution < 1.29 is 4.79 Å². The van der Waals surface area contributed by atoms with Crippen LogP contribution in [0.3, 0.4) is 0 Å². The summed E-state index contributed by atoms with van der Waals surface area (Å²) in [6.45, 7) is 7.54. The maximum Gasteiger partial charge on any atom is 0.251 e. The number of nitrogens with two attached hydrogens (primary N) is 1. The Morgan fingerprint density at radius 2 is 2.05 bits per heavy atom. The van der Waals surface area contributed by atoms with Gasteiger partial charge in [0.2, 0.25) is 0 Å². The first-order valence-electron chi connectivity index (χ1n) is 7.14. The fraction of sp³-hybridized carbons (Fsp3) is 0.562. The Morgan fingerprint density at radius 3 is 2.68 bits per heavy atom. The SMILES string of the molecule is CCCC(CCN)CNC(=O)c1cc(C)ccc1C. The molecule has 1 aromatic carbocycles. The van der Waals surface area contributed by atoms with Gasteiger partial charge in [0.25, 0.3) is 5.91 Å². The molecule has 0 fully saturated rings. The number of hydrogen-bond donors (Lipinski definition) is 2. The number of nitrogens with one attached hydrogen (secondary N) is 1. The number of hydrogen-bond acceptors (Lipinski definition) is 2. The van der Waals surface area contributed by atoms with Crippen molar-refractivity contribution in [1.82, 2.24) is 5.32 Å². The number of rotatable bonds is 7. The van der Waals surface area contributed by atoms with Crippen LogP contribution in [0.1, 0.15) is 47.7 Å². The maximum absolute atomic E-state index is 12.2. The van der Waals surface area contributed by atoms with E-state index in [1.54, 1.807) is 0 Å². The van der Waals surface area contributed by atoms with Crippen LogP contribution in [0.25, 0.3) is 0 Å². The number of amides is 1. The standard InChI is InChI=1S/C16H26N2O/c1-4-5-14(8-9-17)11-18-16(19)15-10-12(2)6-7-13(15)3/h6-7,10,14H,4-5,8-9,11,17H2,1-3H3,(H,18,19). The van der Waals surface area contributed by atoms with E-state index in [0.717, 1.165) is 42.5 Å². The Morgan fingerprint density at radius 1 is 1.32 bits per heavy atom. The van der Waals surface area contributed by atoms with Gasteiger partial charge in [-0.3, -0.25) is 4.79 Å². The molecular weight excluding hydrogens is 236 g/mol. The molecule has 0 aliphatic heterocycles. The molecule has 1 aromatic rings. The Labute approximate surface area is 116 Å². The van der Waals surface area contributed by atoms with Crippen molar-refractivity contribution in [1.29, 1.82) is 0 Å². The lowest BCUT2D eigenvalue weighted by Gasteiger charge is -2.16. The van der Waals surface area contributed by atoms with Crippen LogP contribution in [0, 0.1) is 19.8 Å².